The van der Waals surface area contributed by atoms with Gasteiger partial charge in [0, 0.05) is 13.1 Å². The van der Waals surface area contributed by atoms with E-state index >= 15 is 0 Å². The lowest BCUT2D eigenvalue weighted by molar-refractivity contribution is -0.121. The van der Waals surface area contributed by atoms with Crippen molar-refractivity contribution in [2.45, 2.75) is 6.92 Å². The standard InChI is InChI=1S/C22H21FN2O4/c1-2-29-16-9-7-15(8-10-16)19-20(24-11-13-28-14-12-24)22(27)25(21(19)26)18-6-4-3-5-17(18)23/h3-10H,2,11-14H2,1H3. The predicted octanol–water partition coefficient (Wildman–Crippen LogP) is 2.84. The number of morpholine rings is 1. The van der Waals surface area contributed by atoms with E-state index in [0.29, 0.717) is 44.2 Å². The molecule has 29 heavy (non-hydrogen) atoms. The largest absolute Gasteiger partial charge is 0.494 e. The van der Waals surface area contributed by atoms with Crippen LogP contribution in [0.5, 0.6) is 5.75 Å². The van der Waals surface area contributed by atoms with Crippen LogP contribution in [0, 0.1) is 5.82 Å². The summed E-state index contributed by atoms with van der Waals surface area (Å²) in [6.07, 6.45) is 0. The zero-order valence-electron chi connectivity index (χ0n) is 16.1. The number of ether oxygens (including phenoxy) is 2. The summed E-state index contributed by atoms with van der Waals surface area (Å²) >= 11 is 0. The van der Waals surface area contributed by atoms with Crippen molar-refractivity contribution < 1.29 is 23.5 Å². The highest BCUT2D eigenvalue weighted by Crippen LogP contribution is 2.36. The van der Waals surface area contributed by atoms with Crippen LogP contribution in [-0.2, 0) is 14.3 Å². The lowest BCUT2D eigenvalue weighted by Crippen LogP contribution is -2.40. The molecule has 6 nitrogen and oxygen atoms in total. The smallest absolute Gasteiger partial charge is 0.282 e. The quantitative estimate of drug-likeness (QED) is 0.728. The molecule has 0 N–H and O–H groups in total. The fourth-order valence-electron chi connectivity index (χ4n) is 3.60. The van der Waals surface area contributed by atoms with Gasteiger partial charge in [-0.25, -0.2) is 9.29 Å². The third kappa shape index (κ3) is 3.49. The Morgan fingerprint density at radius 1 is 1.00 bits per heavy atom. The first-order chi connectivity index (χ1) is 14.1. The Kier molecular flexibility index (Phi) is 5.31. The zero-order chi connectivity index (χ0) is 20.4. The topological polar surface area (TPSA) is 59.1 Å². The van der Waals surface area contributed by atoms with Crippen molar-refractivity contribution in [1.29, 1.82) is 0 Å². The molecule has 0 bridgehead atoms. The Morgan fingerprint density at radius 3 is 2.34 bits per heavy atom. The average molecular weight is 396 g/mol. The van der Waals surface area contributed by atoms with Crippen molar-refractivity contribution in [3.8, 4) is 5.75 Å². The van der Waals surface area contributed by atoms with Crippen molar-refractivity contribution in [3.05, 3.63) is 65.6 Å². The van der Waals surface area contributed by atoms with Gasteiger partial charge < -0.3 is 14.4 Å². The van der Waals surface area contributed by atoms with Crippen molar-refractivity contribution in [2.24, 2.45) is 0 Å². The summed E-state index contributed by atoms with van der Waals surface area (Å²) in [6, 6.07) is 12.8. The number of carbonyl (C=O) groups is 2. The molecule has 2 aliphatic heterocycles. The highest BCUT2D eigenvalue weighted by atomic mass is 19.1. The van der Waals surface area contributed by atoms with E-state index in [2.05, 4.69) is 0 Å². The van der Waals surface area contributed by atoms with Crippen molar-refractivity contribution in [1.82, 2.24) is 4.90 Å². The number of hydrogen-bond donors (Lipinski definition) is 0. The van der Waals surface area contributed by atoms with E-state index in [4.69, 9.17) is 9.47 Å². The molecule has 2 aromatic carbocycles. The van der Waals surface area contributed by atoms with Gasteiger partial charge in [0.2, 0.25) is 0 Å². The number of rotatable bonds is 5. The summed E-state index contributed by atoms with van der Waals surface area (Å²) in [4.78, 5) is 29.4. The summed E-state index contributed by atoms with van der Waals surface area (Å²) in [7, 11) is 0. The van der Waals surface area contributed by atoms with Gasteiger partial charge in [-0.15, -0.1) is 0 Å². The Labute approximate surface area is 168 Å². The van der Waals surface area contributed by atoms with E-state index in [-0.39, 0.29) is 17.0 Å². The molecular weight excluding hydrogens is 375 g/mol. The van der Waals surface area contributed by atoms with Crippen LogP contribution < -0.4 is 9.64 Å². The third-order valence-electron chi connectivity index (χ3n) is 4.93. The van der Waals surface area contributed by atoms with E-state index in [0.717, 1.165) is 4.90 Å². The van der Waals surface area contributed by atoms with Crippen LogP contribution in [0.25, 0.3) is 5.57 Å². The van der Waals surface area contributed by atoms with Crippen LogP contribution in [-0.4, -0.2) is 49.6 Å². The number of hydrogen-bond acceptors (Lipinski definition) is 5. The molecule has 4 rings (SSSR count). The van der Waals surface area contributed by atoms with Crippen LogP contribution in [0.1, 0.15) is 12.5 Å². The molecule has 0 spiro atoms. The summed E-state index contributed by atoms with van der Waals surface area (Å²) in [5.74, 6) is -1.01. The molecule has 150 valence electrons. The van der Waals surface area contributed by atoms with Gasteiger partial charge >= 0.3 is 0 Å². The normalized spacial score (nSPS) is 17.3. The van der Waals surface area contributed by atoms with Gasteiger partial charge in [0.05, 0.1) is 31.1 Å². The number of nitrogens with zero attached hydrogens (tertiary/aromatic N) is 2. The Bertz CT molecular complexity index is 965. The molecule has 0 saturated carbocycles. The van der Waals surface area contributed by atoms with E-state index in [1.807, 2.05) is 11.8 Å². The molecule has 1 saturated heterocycles. The minimum absolute atomic E-state index is 0.0470. The molecule has 1 fully saturated rings. The molecule has 2 heterocycles. The molecule has 0 radical (unpaired) electrons. The summed E-state index contributed by atoms with van der Waals surface area (Å²) < 4.78 is 25.3. The summed E-state index contributed by atoms with van der Waals surface area (Å²) in [5, 5.41) is 0. The van der Waals surface area contributed by atoms with Gasteiger partial charge in [-0.2, -0.15) is 0 Å². The molecule has 0 unspecified atom stereocenters. The fraction of sp³-hybridized carbons (Fsp3) is 0.273. The maximum absolute atomic E-state index is 14.4. The van der Waals surface area contributed by atoms with Crippen LogP contribution in [0.15, 0.2) is 54.2 Å². The number of imide groups is 1. The maximum Gasteiger partial charge on any atom is 0.282 e. The zero-order valence-corrected chi connectivity index (χ0v) is 16.1. The van der Waals surface area contributed by atoms with Crippen LogP contribution in [0.4, 0.5) is 10.1 Å². The van der Waals surface area contributed by atoms with Crippen LogP contribution in [0.2, 0.25) is 0 Å². The maximum atomic E-state index is 14.4. The summed E-state index contributed by atoms with van der Waals surface area (Å²) in [6.45, 7) is 4.31. The molecule has 0 aromatic heterocycles. The first-order valence-electron chi connectivity index (χ1n) is 9.55. The molecular formula is C22H21FN2O4. The fourth-order valence-corrected chi connectivity index (χ4v) is 3.60. The number of para-hydroxylation sites is 1. The number of halogens is 1. The Balaban J connectivity index is 1.80. The molecule has 7 heteroatoms. The van der Waals surface area contributed by atoms with Crippen LogP contribution >= 0.6 is 0 Å². The van der Waals surface area contributed by atoms with E-state index in [9.17, 15) is 14.0 Å². The van der Waals surface area contributed by atoms with Crippen molar-refractivity contribution >= 4 is 23.1 Å². The SMILES string of the molecule is CCOc1ccc(C2=C(N3CCOCC3)C(=O)N(c3ccccc3F)C2=O)cc1. The van der Waals surface area contributed by atoms with Gasteiger partial charge in [0.25, 0.3) is 11.8 Å². The van der Waals surface area contributed by atoms with Gasteiger partial charge in [-0.1, -0.05) is 24.3 Å². The Morgan fingerprint density at radius 2 is 1.69 bits per heavy atom. The molecule has 2 aromatic rings. The molecule has 2 amide bonds. The highest BCUT2D eigenvalue weighted by Gasteiger charge is 2.43. The minimum atomic E-state index is -0.622. The molecule has 2 aliphatic rings. The first-order valence-corrected chi connectivity index (χ1v) is 9.55. The number of anilines is 1. The second kappa shape index (κ2) is 8.05. The third-order valence-corrected chi connectivity index (χ3v) is 4.93. The van der Waals surface area contributed by atoms with E-state index in [1.54, 1.807) is 30.3 Å². The number of amides is 2. The number of benzene rings is 2. The monoisotopic (exact) mass is 396 g/mol. The van der Waals surface area contributed by atoms with Crippen LogP contribution in [0.3, 0.4) is 0 Å². The van der Waals surface area contributed by atoms with Gasteiger partial charge in [0.15, 0.2) is 0 Å². The lowest BCUT2D eigenvalue weighted by atomic mass is 10.0. The van der Waals surface area contributed by atoms with Gasteiger partial charge in [0.1, 0.15) is 17.3 Å². The van der Waals surface area contributed by atoms with Crippen molar-refractivity contribution in [2.75, 3.05) is 37.8 Å². The van der Waals surface area contributed by atoms with E-state index in [1.165, 1.54) is 18.2 Å². The second-order valence-electron chi connectivity index (χ2n) is 6.68. The Hall–Kier alpha value is -3.19. The summed E-state index contributed by atoms with van der Waals surface area (Å²) in [5.41, 5.74) is 1.09. The minimum Gasteiger partial charge on any atom is -0.494 e. The second-order valence-corrected chi connectivity index (χ2v) is 6.68. The first kappa shape index (κ1) is 19.1. The molecule has 0 aliphatic carbocycles. The highest BCUT2D eigenvalue weighted by molar-refractivity contribution is 6.45. The van der Waals surface area contributed by atoms with Gasteiger partial charge in [-0.05, 0) is 36.8 Å². The molecule has 0 atom stereocenters. The predicted molar refractivity (Wildman–Crippen MR) is 106 cm³/mol. The average Bonchev–Trinajstić information content (AvgIpc) is 3.00. The van der Waals surface area contributed by atoms with E-state index < -0.39 is 17.6 Å². The van der Waals surface area contributed by atoms with Crippen molar-refractivity contribution in [3.63, 3.8) is 0 Å². The number of carbonyl (C=O) groups excluding carboxylic acids is 2. The lowest BCUT2D eigenvalue weighted by Gasteiger charge is -2.29. The van der Waals surface area contributed by atoms with Gasteiger partial charge in [-0.3, -0.25) is 9.59 Å².